The fourth-order valence-electron chi connectivity index (χ4n) is 3.80. The molecule has 0 radical (unpaired) electrons. The predicted octanol–water partition coefficient (Wildman–Crippen LogP) is 1.64. The van der Waals surface area contributed by atoms with Crippen LogP contribution in [0.4, 0.5) is 11.4 Å². The number of carbonyl (C=O) groups excluding carboxylic acids is 1. The molecular weight excluding hydrogens is 470 g/mol. The fourth-order valence-corrected chi connectivity index (χ4v) is 6.47. The van der Waals surface area contributed by atoms with E-state index < -0.39 is 26.0 Å². The second-order valence-corrected chi connectivity index (χ2v) is 11.7. The second-order valence-electron chi connectivity index (χ2n) is 7.91. The van der Waals surface area contributed by atoms with Gasteiger partial charge in [0.2, 0.25) is 20.0 Å². The van der Waals surface area contributed by atoms with Crippen LogP contribution in [0.3, 0.4) is 0 Å². The molecule has 2 heterocycles. The molecule has 0 aliphatic carbocycles. The third kappa shape index (κ3) is 5.29. The molecule has 0 spiro atoms. The standard InChI is InChI=1S/C21H25N3O7S2/c25-20-8-7-16(24-9-3-11-32(24,27)28)13-19(20)23-21(26)15-4-1-6-18(12-15)33(29,30)22-14-17-5-2-10-31-17/h1,4,6-8,12-13,17,22,25H,2-3,5,9-11,14H2,(H,23,26). The Bertz CT molecular complexity index is 1260. The van der Waals surface area contributed by atoms with Crippen molar-refractivity contribution in [1.82, 2.24) is 4.72 Å². The molecule has 4 rings (SSSR count). The molecule has 2 aromatic carbocycles. The molecule has 2 aromatic rings. The Morgan fingerprint density at radius 1 is 1.18 bits per heavy atom. The Labute approximate surface area is 192 Å². The van der Waals surface area contributed by atoms with Crippen LogP contribution in [0, 0.1) is 0 Å². The average molecular weight is 496 g/mol. The van der Waals surface area contributed by atoms with Crippen molar-refractivity contribution in [3.8, 4) is 5.75 Å². The van der Waals surface area contributed by atoms with Gasteiger partial charge < -0.3 is 15.2 Å². The molecule has 1 amide bonds. The summed E-state index contributed by atoms with van der Waals surface area (Å²) in [7, 11) is -7.28. The van der Waals surface area contributed by atoms with Crippen LogP contribution in [0.2, 0.25) is 0 Å². The summed E-state index contributed by atoms with van der Waals surface area (Å²) in [5, 5.41) is 12.7. The Morgan fingerprint density at radius 2 is 2.00 bits per heavy atom. The normalized spacial score (nSPS) is 20.1. The van der Waals surface area contributed by atoms with Crippen molar-refractivity contribution in [3.63, 3.8) is 0 Å². The molecule has 1 atom stereocenters. The number of nitrogens with one attached hydrogen (secondary N) is 2. The first-order chi connectivity index (χ1) is 15.7. The highest BCUT2D eigenvalue weighted by Crippen LogP contribution is 2.32. The lowest BCUT2D eigenvalue weighted by Crippen LogP contribution is -2.32. The molecule has 1 unspecified atom stereocenters. The zero-order valence-corrected chi connectivity index (χ0v) is 19.4. The number of phenolic OH excluding ortho intramolecular Hbond substituents is 1. The maximum Gasteiger partial charge on any atom is 0.255 e. The monoisotopic (exact) mass is 495 g/mol. The van der Waals surface area contributed by atoms with E-state index in [1.165, 1.54) is 46.8 Å². The van der Waals surface area contributed by atoms with E-state index in [4.69, 9.17) is 4.74 Å². The van der Waals surface area contributed by atoms with Gasteiger partial charge in [0.1, 0.15) is 5.75 Å². The minimum Gasteiger partial charge on any atom is -0.506 e. The van der Waals surface area contributed by atoms with E-state index in [0.717, 1.165) is 12.8 Å². The van der Waals surface area contributed by atoms with Gasteiger partial charge in [-0.05, 0) is 55.7 Å². The third-order valence-corrected chi connectivity index (χ3v) is 8.84. The number of sulfonamides is 2. The number of carbonyl (C=O) groups is 1. The summed E-state index contributed by atoms with van der Waals surface area (Å²) in [5.41, 5.74) is 0.410. The first kappa shape index (κ1) is 23.5. The van der Waals surface area contributed by atoms with Crippen LogP contribution < -0.4 is 14.3 Å². The van der Waals surface area contributed by atoms with E-state index in [9.17, 15) is 26.7 Å². The predicted molar refractivity (Wildman–Crippen MR) is 122 cm³/mol. The number of aromatic hydroxyl groups is 1. The highest BCUT2D eigenvalue weighted by Gasteiger charge is 2.29. The first-order valence-electron chi connectivity index (χ1n) is 10.5. The summed E-state index contributed by atoms with van der Waals surface area (Å²) < 4.78 is 58.8. The van der Waals surface area contributed by atoms with Crippen molar-refractivity contribution in [2.24, 2.45) is 0 Å². The summed E-state index contributed by atoms with van der Waals surface area (Å²) in [6.45, 7) is 1.08. The van der Waals surface area contributed by atoms with E-state index in [1.54, 1.807) is 0 Å². The lowest BCUT2D eigenvalue weighted by Gasteiger charge is -2.18. The number of amides is 1. The van der Waals surface area contributed by atoms with E-state index in [1.807, 2.05) is 0 Å². The molecule has 178 valence electrons. The molecule has 10 nitrogen and oxygen atoms in total. The van der Waals surface area contributed by atoms with Crippen LogP contribution in [-0.4, -0.2) is 59.4 Å². The van der Waals surface area contributed by atoms with Crippen molar-refractivity contribution < 1.29 is 31.5 Å². The zero-order chi connectivity index (χ0) is 23.6. The summed E-state index contributed by atoms with van der Waals surface area (Å²) in [6.07, 6.45) is 2.00. The first-order valence-corrected chi connectivity index (χ1v) is 13.6. The third-order valence-electron chi connectivity index (χ3n) is 5.55. The summed E-state index contributed by atoms with van der Waals surface area (Å²) in [4.78, 5) is 12.7. The number of hydrogen-bond acceptors (Lipinski definition) is 7. The number of benzene rings is 2. The quantitative estimate of drug-likeness (QED) is 0.496. The number of phenols is 1. The van der Waals surface area contributed by atoms with Crippen LogP contribution in [-0.2, 0) is 24.8 Å². The Kier molecular flexibility index (Phi) is 6.61. The van der Waals surface area contributed by atoms with Gasteiger partial charge in [-0.15, -0.1) is 0 Å². The van der Waals surface area contributed by atoms with E-state index in [-0.39, 0.29) is 40.3 Å². The average Bonchev–Trinajstić information content (AvgIpc) is 3.43. The highest BCUT2D eigenvalue weighted by molar-refractivity contribution is 7.93. The minimum atomic E-state index is -3.85. The van der Waals surface area contributed by atoms with Crippen LogP contribution in [0.1, 0.15) is 29.6 Å². The van der Waals surface area contributed by atoms with Crippen LogP contribution in [0.5, 0.6) is 5.75 Å². The number of anilines is 2. The molecule has 2 fully saturated rings. The van der Waals surface area contributed by atoms with Crippen molar-refractivity contribution in [2.45, 2.75) is 30.3 Å². The molecule has 0 aromatic heterocycles. The highest BCUT2D eigenvalue weighted by atomic mass is 32.2. The summed E-state index contributed by atoms with van der Waals surface area (Å²) >= 11 is 0. The molecule has 33 heavy (non-hydrogen) atoms. The Balaban J connectivity index is 1.50. The van der Waals surface area contributed by atoms with Crippen molar-refractivity contribution in [1.29, 1.82) is 0 Å². The maximum absolute atomic E-state index is 12.8. The Hall–Kier alpha value is -2.67. The number of ether oxygens (including phenoxy) is 1. The molecule has 0 saturated carbocycles. The molecular formula is C21H25N3O7S2. The van der Waals surface area contributed by atoms with E-state index >= 15 is 0 Å². The zero-order valence-electron chi connectivity index (χ0n) is 17.7. The molecule has 2 saturated heterocycles. The molecule has 0 bridgehead atoms. The minimum absolute atomic E-state index is 0.0179. The summed E-state index contributed by atoms with van der Waals surface area (Å²) in [5.74, 6) is -0.855. The largest absolute Gasteiger partial charge is 0.506 e. The number of nitrogens with zero attached hydrogens (tertiary/aromatic N) is 1. The van der Waals surface area contributed by atoms with Crippen LogP contribution in [0.25, 0.3) is 0 Å². The van der Waals surface area contributed by atoms with Gasteiger partial charge in [-0.25, -0.2) is 21.6 Å². The SMILES string of the molecule is O=C(Nc1cc(N2CCCS2(=O)=O)ccc1O)c1cccc(S(=O)(=O)NCC2CCCO2)c1. The molecule has 2 aliphatic heterocycles. The number of hydrogen-bond donors (Lipinski definition) is 3. The molecule has 12 heteroatoms. The van der Waals surface area contributed by atoms with E-state index in [0.29, 0.717) is 25.3 Å². The van der Waals surface area contributed by atoms with Gasteiger partial charge >= 0.3 is 0 Å². The lowest BCUT2D eigenvalue weighted by molar-refractivity contribution is 0.102. The van der Waals surface area contributed by atoms with Crippen LogP contribution in [0.15, 0.2) is 47.4 Å². The maximum atomic E-state index is 12.8. The van der Waals surface area contributed by atoms with Gasteiger partial charge in [0.05, 0.1) is 28.1 Å². The van der Waals surface area contributed by atoms with Crippen LogP contribution >= 0.6 is 0 Å². The van der Waals surface area contributed by atoms with Gasteiger partial charge in [-0.3, -0.25) is 9.10 Å². The topological polar surface area (TPSA) is 142 Å². The van der Waals surface area contributed by atoms with Gasteiger partial charge in [0.15, 0.2) is 0 Å². The Morgan fingerprint density at radius 3 is 2.70 bits per heavy atom. The van der Waals surface area contributed by atoms with Crippen molar-refractivity contribution in [2.75, 3.05) is 35.1 Å². The second kappa shape index (κ2) is 9.29. The number of rotatable bonds is 7. The molecule has 2 aliphatic rings. The fraction of sp³-hybridized carbons (Fsp3) is 0.381. The van der Waals surface area contributed by atoms with Crippen molar-refractivity contribution >= 4 is 37.3 Å². The summed E-state index contributed by atoms with van der Waals surface area (Å²) in [6, 6.07) is 9.64. The van der Waals surface area contributed by atoms with E-state index in [2.05, 4.69) is 10.0 Å². The van der Waals surface area contributed by atoms with Gasteiger partial charge in [-0.2, -0.15) is 0 Å². The molecule has 3 N–H and O–H groups in total. The van der Waals surface area contributed by atoms with Crippen molar-refractivity contribution in [3.05, 3.63) is 48.0 Å². The van der Waals surface area contributed by atoms with Gasteiger partial charge in [0, 0.05) is 25.3 Å². The smallest absolute Gasteiger partial charge is 0.255 e. The lowest BCUT2D eigenvalue weighted by atomic mass is 10.2. The van der Waals surface area contributed by atoms with Gasteiger partial charge in [-0.1, -0.05) is 6.07 Å². The van der Waals surface area contributed by atoms with Gasteiger partial charge in [0.25, 0.3) is 5.91 Å².